The molecule has 8 heteroatoms. The number of ether oxygens (including phenoxy) is 1. The molecule has 3 aromatic carbocycles. The van der Waals surface area contributed by atoms with Gasteiger partial charge in [-0.3, -0.25) is 14.5 Å². The van der Waals surface area contributed by atoms with Gasteiger partial charge < -0.3 is 20.3 Å². The molecular weight excluding hydrogens is 504 g/mol. The Kier molecular flexibility index (Phi) is 7.96. The van der Waals surface area contributed by atoms with Crippen LogP contribution in [0, 0.1) is 0 Å². The Balaban J connectivity index is 1.49. The SMILES string of the molecule is C=CCNC(=O)[C@@H](Cc1ccccc1)N1CC2=C(C1=O)[C@@H](c1cccc(Oc3ccccc3)c1)NC(=O)N2CC. The molecule has 204 valence electrons. The van der Waals surface area contributed by atoms with Crippen molar-refractivity contribution >= 4 is 17.8 Å². The minimum Gasteiger partial charge on any atom is -0.457 e. The maximum absolute atomic E-state index is 14.1. The van der Waals surface area contributed by atoms with Crippen molar-refractivity contribution in [3.63, 3.8) is 0 Å². The molecule has 0 fully saturated rings. The number of para-hydroxylation sites is 1. The summed E-state index contributed by atoms with van der Waals surface area (Å²) in [7, 11) is 0. The fourth-order valence-electron chi connectivity index (χ4n) is 5.20. The van der Waals surface area contributed by atoms with Gasteiger partial charge >= 0.3 is 6.03 Å². The van der Waals surface area contributed by atoms with Gasteiger partial charge in [0.15, 0.2) is 0 Å². The number of hydrogen-bond donors (Lipinski definition) is 2. The van der Waals surface area contributed by atoms with Crippen LogP contribution in [0.15, 0.2) is 109 Å². The third-order valence-electron chi connectivity index (χ3n) is 7.11. The monoisotopic (exact) mass is 536 g/mol. The fraction of sp³-hybridized carbons (Fsp3) is 0.219. The summed E-state index contributed by atoms with van der Waals surface area (Å²) in [5.41, 5.74) is 2.73. The third-order valence-corrected chi connectivity index (χ3v) is 7.11. The molecule has 40 heavy (non-hydrogen) atoms. The molecule has 0 spiro atoms. The summed E-state index contributed by atoms with van der Waals surface area (Å²) >= 11 is 0. The van der Waals surface area contributed by atoms with Crippen LogP contribution < -0.4 is 15.4 Å². The van der Waals surface area contributed by atoms with Crippen LogP contribution in [-0.4, -0.2) is 53.3 Å². The molecule has 2 aliphatic heterocycles. The molecule has 2 heterocycles. The van der Waals surface area contributed by atoms with Crippen LogP contribution >= 0.6 is 0 Å². The van der Waals surface area contributed by atoms with E-state index in [1.165, 1.54) is 0 Å². The van der Waals surface area contributed by atoms with Gasteiger partial charge in [-0.05, 0) is 42.3 Å². The molecule has 0 aromatic heterocycles. The predicted octanol–water partition coefficient (Wildman–Crippen LogP) is 4.57. The van der Waals surface area contributed by atoms with E-state index in [9.17, 15) is 14.4 Å². The maximum Gasteiger partial charge on any atom is 0.322 e. The predicted molar refractivity (Wildman–Crippen MR) is 152 cm³/mol. The molecule has 4 amide bonds. The number of rotatable bonds is 10. The van der Waals surface area contributed by atoms with Crippen molar-refractivity contribution in [3.8, 4) is 11.5 Å². The number of nitrogens with one attached hydrogen (secondary N) is 2. The lowest BCUT2D eigenvalue weighted by atomic mass is 9.95. The first-order valence-electron chi connectivity index (χ1n) is 13.4. The highest BCUT2D eigenvalue weighted by Crippen LogP contribution is 2.38. The van der Waals surface area contributed by atoms with Crippen molar-refractivity contribution in [3.05, 3.63) is 120 Å². The molecule has 5 rings (SSSR count). The quantitative estimate of drug-likeness (QED) is 0.371. The molecule has 0 bridgehead atoms. The van der Waals surface area contributed by atoms with Gasteiger partial charge in [0.2, 0.25) is 5.91 Å². The Labute approximate surface area is 233 Å². The highest BCUT2D eigenvalue weighted by molar-refractivity contribution is 6.03. The van der Waals surface area contributed by atoms with E-state index in [-0.39, 0.29) is 30.9 Å². The Morgan fingerprint density at radius 2 is 1.75 bits per heavy atom. The van der Waals surface area contributed by atoms with Crippen LogP contribution in [0.5, 0.6) is 11.5 Å². The number of carbonyl (C=O) groups is 3. The van der Waals surface area contributed by atoms with E-state index in [1.807, 2.05) is 91.9 Å². The Bertz CT molecular complexity index is 1440. The first kappa shape index (κ1) is 26.7. The Morgan fingerprint density at radius 1 is 1.05 bits per heavy atom. The topological polar surface area (TPSA) is 91.0 Å². The average molecular weight is 537 g/mol. The molecule has 2 atom stereocenters. The maximum atomic E-state index is 14.1. The zero-order chi connectivity index (χ0) is 28.1. The van der Waals surface area contributed by atoms with Crippen molar-refractivity contribution in [2.75, 3.05) is 19.6 Å². The Hall–Kier alpha value is -4.85. The lowest BCUT2D eigenvalue weighted by Crippen LogP contribution is -2.50. The standard InChI is InChI=1S/C32H32N4O4/c1-3-18-33-30(37)26(19-22-12-7-5-8-13-22)36-21-27-28(31(36)38)29(34-32(39)35(27)4-2)23-14-11-17-25(20-23)40-24-15-9-6-10-16-24/h3,5-17,20,26,29H,1,4,18-19,21H2,2H3,(H,33,37)(H,34,39)/t26-,29-/m1/s1. The number of carbonyl (C=O) groups excluding carboxylic acids is 3. The van der Waals surface area contributed by atoms with Gasteiger partial charge in [0.1, 0.15) is 17.5 Å². The van der Waals surface area contributed by atoms with E-state index >= 15 is 0 Å². The van der Waals surface area contributed by atoms with E-state index < -0.39 is 12.1 Å². The summed E-state index contributed by atoms with van der Waals surface area (Å²) in [6.45, 7) is 6.39. The van der Waals surface area contributed by atoms with Gasteiger partial charge in [-0.2, -0.15) is 0 Å². The lowest BCUT2D eigenvalue weighted by molar-refractivity contribution is -0.136. The van der Waals surface area contributed by atoms with E-state index in [0.29, 0.717) is 35.7 Å². The number of likely N-dealkylation sites (N-methyl/N-ethyl adjacent to an activating group) is 1. The second kappa shape index (κ2) is 11.9. The summed E-state index contributed by atoms with van der Waals surface area (Å²) in [5.74, 6) is 0.726. The van der Waals surface area contributed by atoms with Crippen molar-refractivity contribution in [1.82, 2.24) is 20.4 Å². The van der Waals surface area contributed by atoms with Crippen LogP contribution in [0.3, 0.4) is 0 Å². The molecule has 3 aromatic rings. The molecule has 8 nitrogen and oxygen atoms in total. The van der Waals surface area contributed by atoms with Gasteiger partial charge in [0.05, 0.1) is 23.9 Å². The first-order chi connectivity index (χ1) is 19.5. The van der Waals surface area contributed by atoms with Crippen LogP contribution in [-0.2, 0) is 16.0 Å². The smallest absolute Gasteiger partial charge is 0.322 e. The van der Waals surface area contributed by atoms with Crippen molar-refractivity contribution < 1.29 is 19.1 Å². The summed E-state index contributed by atoms with van der Waals surface area (Å²) in [4.78, 5) is 43.8. The van der Waals surface area contributed by atoms with Gasteiger partial charge in [0, 0.05) is 19.5 Å². The van der Waals surface area contributed by atoms with Crippen molar-refractivity contribution in [2.45, 2.75) is 25.4 Å². The minimum atomic E-state index is -0.761. The largest absolute Gasteiger partial charge is 0.457 e. The summed E-state index contributed by atoms with van der Waals surface area (Å²) < 4.78 is 6.02. The highest BCUT2D eigenvalue weighted by Gasteiger charge is 2.46. The molecule has 2 N–H and O–H groups in total. The molecule has 0 aliphatic carbocycles. The zero-order valence-corrected chi connectivity index (χ0v) is 22.4. The van der Waals surface area contributed by atoms with Gasteiger partial charge in [-0.15, -0.1) is 6.58 Å². The number of nitrogens with zero attached hydrogens (tertiary/aromatic N) is 2. The summed E-state index contributed by atoms with van der Waals surface area (Å²) in [6.07, 6.45) is 1.95. The first-order valence-corrected chi connectivity index (χ1v) is 13.4. The second-order valence-corrected chi connectivity index (χ2v) is 9.65. The van der Waals surface area contributed by atoms with E-state index in [0.717, 1.165) is 11.1 Å². The molecule has 0 unspecified atom stereocenters. The average Bonchev–Trinajstić information content (AvgIpc) is 3.31. The Morgan fingerprint density at radius 3 is 2.45 bits per heavy atom. The number of hydrogen-bond acceptors (Lipinski definition) is 4. The normalized spacial score (nSPS) is 17.3. The van der Waals surface area contributed by atoms with Crippen LogP contribution in [0.4, 0.5) is 4.79 Å². The molecule has 0 saturated heterocycles. The van der Waals surface area contributed by atoms with Crippen LogP contribution in [0.25, 0.3) is 0 Å². The van der Waals surface area contributed by atoms with Gasteiger partial charge in [0.25, 0.3) is 5.91 Å². The van der Waals surface area contributed by atoms with Gasteiger partial charge in [-0.1, -0.05) is 66.7 Å². The molecule has 0 saturated carbocycles. The zero-order valence-electron chi connectivity index (χ0n) is 22.4. The van der Waals surface area contributed by atoms with Crippen LogP contribution in [0.1, 0.15) is 24.1 Å². The molecule has 2 aliphatic rings. The second-order valence-electron chi connectivity index (χ2n) is 9.65. The summed E-state index contributed by atoms with van der Waals surface area (Å²) in [6, 6.07) is 24.6. The van der Waals surface area contributed by atoms with Gasteiger partial charge in [-0.25, -0.2) is 4.79 Å². The minimum absolute atomic E-state index is 0.158. The number of urea groups is 1. The van der Waals surface area contributed by atoms with Crippen LogP contribution in [0.2, 0.25) is 0 Å². The van der Waals surface area contributed by atoms with E-state index in [4.69, 9.17) is 4.74 Å². The fourth-order valence-corrected chi connectivity index (χ4v) is 5.20. The molecule has 0 radical (unpaired) electrons. The highest BCUT2D eigenvalue weighted by atomic mass is 16.5. The lowest BCUT2D eigenvalue weighted by Gasteiger charge is -2.33. The summed E-state index contributed by atoms with van der Waals surface area (Å²) in [5, 5.41) is 5.87. The van der Waals surface area contributed by atoms with Crippen molar-refractivity contribution in [2.24, 2.45) is 0 Å². The molecular formula is C32H32N4O4. The van der Waals surface area contributed by atoms with E-state index in [2.05, 4.69) is 17.2 Å². The number of benzene rings is 3. The third kappa shape index (κ3) is 5.47. The number of amides is 4. The van der Waals surface area contributed by atoms with Crippen molar-refractivity contribution in [1.29, 1.82) is 0 Å². The van der Waals surface area contributed by atoms with E-state index in [1.54, 1.807) is 15.9 Å².